The first kappa shape index (κ1) is 26.9. The molecule has 0 aromatic heterocycles. The largest absolute Gasteiger partial charge is 0.493 e. The van der Waals surface area contributed by atoms with Crippen molar-refractivity contribution in [2.24, 2.45) is 5.73 Å². The number of nitrogens with zero attached hydrogens (tertiary/aromatic N) is 3. The minimum Gasteiger partial charge on any atom is -0.493 e. The number of rotatable bonds is 11. The second kappa shape index (κ2) is 11.9. The van der Waals surface area contributed by atoms with Gasteiger partial charge >= 0.3 is 0 Å². The number of ether oxygens (including phenoxy) is 2. The van der Waals surface area contributed by atoms with Gasteiger partial charge in [-0.15, -0.1) is 0 Å². The molecule has 13 nitrogen and oxygen atoms in total. The standard InChI is InChI=1S/C26H26N6O7/c27-26(28)29-12-10-17-4-7-21(8-5-17)38-13-11-23-25(33)30(16-18-2-1-3-19(14-18)31(34)35)22-9-6-20(32(36)37)15-24(22)39-23/h1-9,14-15,23H,10-13,16H2,(H4,27,28,29). The first-order valence-electron chi connectivity index (χ1n) is 12.0. The molecule has 0 bridgehead atoms. The zero-order valence-electron chi connectivity index (χ0n) is 20.7. The number of nitrogens with two attached hydrogens (primary N) is 1. The van der Waals surface area contributed by atoms with Crippen LogP contribution in [0.5, 0.6) is 11.5 Å². The number of anilines is 1. The molecule has 1 atom stereocenters. The number of nitro groups is 2. The molecule has 39 heavy (non-hydrogen) atoms. The van der Waals surface area contributed by atoms with Gasteiger partial charge in [-0.05, 0) is 35.7 Å². The summed E-state index contributed by atoms with van der Waals surface area (Å²) in [4.78, 5) is 36.3. The first-order valence-corrected chi connectivity index (χ1v) is 12.0. The molecular weight excluding hydrogens is 508 g/mol. The van der Waals surface area contributed by atoms with Crippen LogP contribution in [0.3, 0.4) is 0 Å². The van der Waals surface area contributed by atoms with Crippen molar-refractivity contribution < 1.29 is 24.1 Å². The van der Waals surface area contributed by atoms with Crippen molar-refractivity contribution in [1.82, 2.24) is 5.32 Å². The van der Waals surface area contributed by atoms with Crippen LogP contribution in [0.25, 0.3) is 0 Å². The number of guanidine groups is 1. The number of amides is 1. The van der Waals surface area contributed by atoms with Gasteiger partial charge in [-0.25, -0.2) is 0 Å². The Balaban J connectivity index is 1.46. The predicted molar refractivity (Wildman–Crippen MR) is 142 cm³/mol. The van der Waals surface area contributed by atoms with E-state index in [0.717, 1.165) is 5.56 Å². The summed E-state index contributed by atoms with van der Waals surface area (Å²) in [6.45, 7) is 0.686. The van der Waals surface area contributed by atoms with E-state index >= 15 is 0 Å². The van der Waals surface area contributed by atoms with E-state index in [9.17, 15) is 25.0 Å². The lowest BCUT2D eigenvalue weighted by Gasteiger charge is -2.34. The van der Waals surface area contributed by atoms with Crippen molar-refractivity contribution in [1.29, 1.82) is 5.41 Å². The third-order valence-corrected chi connectivity index (χ3v) is 6.02. The molecule has 0 spiro atoms. The minimum atomic E-state index is -0.977. The van der Waals surface area contributed by atoms with Crippen molar-refractivity contribution in [3.8, 4) is 11.5 Å². The van der Waals surface area contributed by atoms with Gasteiger partial charge in [0.2, 0.25) is 0 Å². The summed E-state index contributed by atoms with van der Waals surface area (Å²) in [7, 11) is 0. The normalized spacial score (nSPS) is 14.2. The number of fused-ring (bicyclic) bond motifs is 1. The van der Waals surface area contributed by atoms with Gasteiger partial charge in [0.15, 0.2) is 17.8 Å². The third-order valence-electron chi connectivity index (χ3n) is 6.02. The lowest BCUT2D eigenvalue weighted by atomic mass is 10.1. The van der Waals surface area contributed by atoms with Crippen LogP contribution in [-0.2, 0) is 17.8 Å². The molecule has 1 amide bonds. The Labute approximate surface area is 222 Å². The molecule has 0 radical (unpaired) electrons. The predicted octanol–water partition coefficient (Wildman–Crippen LogP) is 3.29. The van der Waals surface area contributed by atoms with Gasteiger partial charge in [0.05, 0.1) is 34.8 Å². The maximum atomic E-state index is 13.4. The Morgan fingerprint density at radius 3 is 2.44 bits per heavy atom. The van der Waals surface area contributed by atoms with Crippen LogP contribution >= 0.6 is 0 Å². The van der Waals surface area contributed by atoms with E-state index < -0.39 is 16.0 Å². The molecule has 0 aliphatic carbocycles. The van der Waals surface area contributed by atoms with Crippen molar-refractivity contribution in [3.63, 3.8) is 0 Å². The quantitative estimate of drug-likeness (QED) is 0.144. The number of nitro benzene ring substituents is 2. The molecule has 4 rings (SSSR count). The van der Waals surface area contributed by atoms with Gasteiger partial charge in [0.25, 0.3) is 17.3 Å². The summed E-state index contributed by atoms with van der Waals surface area (Å²) in [5, 5.41) is 32.4. The molecule has 202 valence electrons. The molecular formula is C26H26N6O7. The number of non-ortho nitro benzene ring substituents is 2. The number of benzene rings is 3. The molecule has 1 unspecified atom stereocenters. The van der Waals surface area contributed by atoms with E-state index in [2.05, 4.69) is 5.32 Å². The van der Waals surface area contributed by atoms with Crippen LogP contribution in [0, 0.1) is 25.6 Å². The SMILES string of the molecule is N=C(N)NCCc1ccc(OCCC2Oc3cc([N+](=O)[O-])ccc3N(Cc3cccc([N+](=O)[O-])c3)C2=O)cc1. The fourth-order valence-electron chi connectivity index (χ4n) is 4.10. The highest BCUT2D eigenvalue weighted by atomic mass is 16.6. The van der Waals surface area contributed by atoms with Crippen LogP contribution in [0.1, 0.15) is 17.5 Å². The van der Waals surface area contributed by atoms with E-state index in [1.807, 2.05) is 12.1 Å². The summed E-state index contributed by atoms with van der Waals surface area (Å²) < 4.78 is 11.7. The third kappa shape index (κ3) is 6.77. The van der Waals surface area contributed by atoms with E-state index in [1.54, 1.807) is 18.2 Å². The zero-order valence-corrected chi connectivity index (χ0v) is 20.7. The molecule has 1 aliphatic rings. The Bertz CT molecular complexity index is 1400. The number of carbonyl (C=O) groups excluding carboxylic acids is 1. The second-order valence-corrected chi connectivity index (χ2v) is 8.74. The maximum Gasteiger partial charge on any atom is 0.273 e. The molecule has 1 aliphatic heterocycles. The van der Waals surface area contributed by atoms with Gasteiger partial charge in [0.1, 0.15) is 5.75 Å². The molecule has 1 heterocycles. The first-order chi connectivity index (χ1) is 18.7. The van der Waals surface area contributed by atoms with Crippen LogP contribution in [0.2, 0.25) is 0 Å². The Morgan fingerprint density at radius 2 is 1.74 bits per heavy atom. The van der Waals surface area contributed by atoms with Gasteiger partial charge in [0, 0.05) is 31.2 Å². The van der Waals surface area contributed by atoms with Crippen molar-refractivity contribution >= 4 is 28.9 Å². The number of nitrogens with one attached hydrogen (secondary N) is 2. The number of hydrogen-bond acceptors (Lipinski definition) is 8. The average Bonchev–Trinajstić information content (AvgIpc) is 2.91. The molecule has 0 fully saturated rings. The average molecular weight is 535 g/mol. The monoisotopic (exact) mass is 534 g/mol. The fraction of sp³-hybridized carbons (Fsp3) is 0.231. The summed E-state index contributed by atoms with van der Waals surface area (Å²) in [6, 6.07) is 17.3. The molecule has 13 heteroatoms. The summed E-state index contributed by atoms with van der Waals surface area (Å²) >= 11 is 0. The molecule has 0 saturated carbocycles. The Morgan fingerprint density at radius 1 is 1.03 bits per heavy atom. The Kier molecular flexibility index (Phi) is 8.19. The zero-order chi connectivity index (χ0) is 27.9. The van der Waals surface area contributed by atoms with E-state index in [1.165, 1.54) is 41.3 Å². The van der Waals surface area contributed by atoms with E-state index in [4.69, 9.17) is 20.6 Å². The lowest BCUT2D eigenvalue weighted by molar-refractivity contribution is -0.385. The van der Waals surface area contributed by atoms with Crippen LogP contribution in [0.15, 0.2) is 66.7 Å². The fourth-order valence-corrected chi connectivity index (χ4v) is 4.10. The van der Waals surface area contributed by atoms with Gasteiger partial charge < -0.3 is 25.4 Å². The molecule has 0 saturated heterocycles. The van der Waals surface area contributed by atoms with Crippen LogP contribution in [-0.4, -0.2) is 41.0 Å². The molecule has 3 aromatic rings. The van der Waals surface area contributed by atoms with Gasteiger partial charge in [-0.1, -0.05) is 24.3 Å². The maximum absolute atomic E-state index is 13.4. The Hall–Kier alpha value is -5.20. The second-order valence-electron chi connectivity index (χ2n) is 8.74. The summed E-state index contributed by atoms with van der Waals surface area (Å²) in [6.07, 6.45) is -0.137. The van der Waals surface area contributed by atoms with Gasteiger partial charge in [-0.3, -0.25) is 30.4 Å². The highest BCUT2D eigenvalue weighted by molar-refractivity contribution is 6.00. The van der Waals surface area contributed by atoms with Crippen molar-refractivity contribution in [3.05, 3.63) is 98.1 Å². The van der Waals surface area contributed by atoms with Crippen LogP contribution < -0.4 is 25.4 Å². The summed E-state index contributed by atoms with van der Waals surface area (Å²) in [5.41, 5.74) is 6.87. The highest BCUT2D eigenvalue weighted by Crippen LogP contribution is 2.38. The van der Waals surface area contributed by atoms with Crippen LogP contribution in [0.4, 0.5) is 17.1 Å². The number of carbonyl (C=O) groups is 1. The van der Waals surface area contributed by atoms with E-state index in [-0.39, 0.29) is 48.6 Å². The highest BCUT2D eigenvalue weighted by Gasteiger charge is 2.35. The van der Waals surface area contributed by atoms with E-state index in [0.29, 0.717) is 30.0 Å². The van der Waals surface area contributed by atoms with Gasteiger partial charge in [-0.2, -0.15) is 0 Å². The van der Waals surface area contributed by atoms with Crippen molar-refractivity contribution in [2.45, 2.75) is 25.5 Å². The topological polar surface area (TPSA) is 187 Å². The van der Waals surface area contributed by atoms with Crippen molar-refractivity contribution in [2.75, 3.05) is 18.1 Å². The number of hydrogen-bond donors (Lipinski definition) is 3. The summed E-state index contributed by atoms with van der Waals surface area (Å²) in [5.74, 6) is 0.281. The minimum absolute atomic E-state index is 0.0198. The lowest BCUT2D eigenvalue weighted by Crippen LogP contribution is -2.46. The smallest absolute Gasteiger partial charge is 0.273 e. The molecule has 4 N–H and O–H groups in total. The molecule has 3 aromatic carbocycles.